The third kappa shape index (κ3) is 3.63. The first kappa shape index (κ1) is 15.8. The molecule has 0 aliphatic carbocycles. The van der Waals surface area contributed by atoms with Crippen molar-refractivity contribution in [1.82, 2.24) is 14.8 Å². The van der Waals surface area contributed by atoms with Crippen LogP contribution in [0.25, 0.3) is 0 Å². The largest absolute Gasteiger partial charge is 0.396 e. The SMILES string of the molecule is Cn1cccc1CN1C[C@H](CO)[C@@H](NC(=O)c2ccccc2)C1. The number of benzene rings is 1. The van der Waals surface area contributed by atoms with Gasteiger partial charge in [0.05, 0.1) is 0 Å². The van der Waals surface area contributed by atoms with Crippen molar-refractivity contribution in [1.29, 1.82) is 0 Å². The van der Waals surface area contributed by atoms with E-state index in [2.05, 4.69) is 20.9 Å². The van der Waals surface area contributed by atoms with Crippen molar-refractivity contribution in [3.8, 4) is 0 Å². The van der Waals surface area contributed by atoms with Crippen LogP contribution in [-0.4, -0.2) is 46.2 Å². The van der Waals surface area contributed by atoms with Crippen LogP contribution in [0.3, 0.4) is 0 Å². The van der Waals surface area contributed by atoms with E-state index in [0.29, 0.717) is 5.56 Å². The Morgan fingerprint density at radius 2 is 2.00 bits per heavy atom. The van der Waals surface area contributed by atoms with Crippen molar-refractivity contribution in [2.24, 2.45) is 13.0 Å². The lowest BCUT2D eigenvalue weighted by Crippen LogP contribution is -2.41. The molecule has 5 heteroatoms. The number of amides is 1. The summed E-state index contributed by atoms with van der Waals surface area (Å²) in [5, 5.41) is 12.7. The number of aromatic nitrogens is 1. The monoisotopic (exact) mass is 313 g/mol. The number of carbonyl (C=O) groups excluding carboxylic acids is 1. The van der Waals surface area contributed by atoms with Crippen molar-refractivity contribution in [3.05, 3.63) is 59.9 Å². The molecule has 2 atom stereocenters. The van der Waals surface area contributed by atoms with Gasteiger partial charge in [-0.3, -0.25) is 9.69 Å². The molecule has 1 amide bonds. The Hall–Kier alpha value is -2.11. The lowest BCUT2D eigenvalue weighted by Gasteiger charge is -2.18. The molecule has 1 aromatic heterocycles. The minimum Gasteiger partial charge on any atom is -0.396 e. The summed E-state index contributed by atoms with van der Waals surface area (Å²) >= 11 is 0. The van der Waals surface area contributed by atoms with E-state index in [-0.39, 0.29) is 24.5 Å². The number of nitrogens with one attached hydrogen (secondary N) is 1. The Kier molecular flexibility index (Phi) is 4.79. The van der Waals surface area contributed by atoms with Crippen LogP contribution in [0.4, 0.5) is 0 Å². The van der Waals surface area contributed by atoms with Gasteiger partial charge in [0.2, 0.25) is 0 Å². The first-order chi connectivity index (χ1) is 11.2. The van der Waals surface area contributed by atoms with Crippen LogP contribution in [0.1, 0.15) is 16.1 Å². The van der Waals surface area contributed by atoms with Crippen LogP contribution in [0.15, 0.2) is 48.7 Å². The number of hydrogen-bond donors (Lipinski definition) is 2. The average Bonchev–Trinajstić information content (AvgIpc) is 3.15. The van der Waals surface area contributed by atoms with Crippen molar-refractivity contribution < 1.29 is 9.90 Å². The first-order valence-corrected chi connectivity index (χ1v) is 7.96. The molecular weight excluding hydrogens is 290 g/mol. The van der Waals surface area contributed by atoms with Gasteiger partial charge in [-0.25, -0.2) is 0 Å². The fourth-order valence-corrected chi connectivity index (χ4v) is 3.17. The Balaban J connectivity index is 1.63. The van der Waals surface area contributed by atoms with Gasteiger partial charge in [-0.05, 0) is 24.3 Å². The fourth-order valence-electron chi connectivity index (χ4n) is 3.17. The number of aliphatic hydroxyl groups is 1. The number of aryl methyl sites for hydroxylation is 1. The molecule has 2 N–H and O–H groups in total. The van der Waals surface area contributed by atoms with E-state index in [1.165, 1.54) is 5.69 Å². The van der Waals surface area contributed by atoms with Gasteiger partial charge in [0.15, 0.2) is 0 Å². The summed E-state index contributed by atoms with van der Waals surface area (Å²) in [5.41, 5.74) is 1.89. The summed E-state index contributed by atoms with van der Waals surface area (Å²) in [4.78, 5) is 14.6. The summed E-state index contributed by atoms with van der Waals surface area (Å²) in [6.45, 7) is 2.47. The van der Waals surface area contributed by atoms with E-state index >= 15 is 0 Å². The van der Waals surface area contributed by atoms with E-state index in [4.69, 9.17) is 0 Å². The topological polar surface area (TPSA) is 57.5 Å². The molecule has 0 saturated carbocycles. The molecule has 2 aromatic rings. The summed E-state index contributed by atoms with van der Waals surface area (Å²) in [7, 11) is 2.03. The predicted octanol–water partition coefficient (Wildman–Crippen LogP) is 1.25. The second-order valence-electron chi connectivity index (χ2n) is 6.19. The maximum atomic E-state index is 12.3. The molecule has 0 spiro atoms. The Morgan fingerprint density at radius 1 is 1.22 bits per heavy atom. The van der Waals surface area contributed by atoms with Gasteiger partial charge < -0.3 is 15.0 Å². The maximum absolute atomic E-state index is 12.3. The van der Waals surface area contributed by atoms with Gasteiger partial charge in [0.25, 0.3) is 5.91 Å². The molecule has 2 heterocycles. The van der Waals surface area contributed by atoms with Crippen LogP contribution in [0.5, 0.6) is 0 Å². The zero-order valence-corrected chi connectivity index (χ0v) is 13.4. The van der Waals surface area contributed by atoms with Crippen LogP contribution in [0.2, 0.25) is 0 Å². The van der Waals surface area contributed by atoms with Crippen molar-refractivity contribution in [2.75, 3.05) is 19.7 Å². The minimum atomic E-state index is -0.0743. The summed E-state index contributed by atoms with van der Waals surface area (Å²) in [6, 6.07) is 13.3. The zero-order valence-electron chi connectivity index (χ0n) is 13.4. The van der Waals surface area contributed by atoms with E-state index in [1.54, 1.807) is 12.1 Å². The van der Waals surface area contributed by atoms with E-state index < -0.39 is 0 Å². The fraction of sp³-hybridized carbons (Fsp3) is 0.389. The normalized spacial score (nSPS) is 21.5. The van der Waals surface area contributed by atoms with Crippen LogP contribution in [-0.2, 0) is 13.6 Å². The van der Waals surface area contributed by atoms with Crippen LogP contribution in [0, 0.1) is 5.92 Å². The molecule has 0 unspecified atom stereocenters. The molecule has 5 nitrogen and oxygen atoms in total. The number of hydrogen-bond acceptors (Lipinski definition) is 3. The van der Waals surface area contributed by atoms with Gasteiger partial charge in [-0.2, -0.15) is 0 Å². The van der Waals surface area contributed by atoms with Crippen molar-refractivity contribution in [2.45, 2.75) is 12.6 Å². The standard InChI is InChI=1S/C18H23N3O2/c1-20-9-5-8-16(20)11-21-10-15(13-22)17(12-21)19-18(23)14-6-3-2-4-7-14/h2-9,15,17,22H,10-13H2,1H3,(H,19,23)/t15-,17+/m1/s1. The maximum Gasteiger partial charge on any atom is 0.251 e. The molecule has 0 bridgehead atoms. The lowest BCUT2D eigenvalue weighted by atomic mass is 10.0. The number of aliphatic hydroxyl groups excluding tert-OH is 1. The Morgan fingerprint density at radius 3 is 2.65 bits per heavy atom. The highest BCUT2D eigenvalue weighted by Crippen LogP contribution is 2.19. The van der Waals surface area contributed by atoms with E-state index in [9.17, 15) is 9.90 Å². The average molecular weight is 313 g/mol. The quantitative estimate of drug-likeness (QED) is 0.873. The zero-order chi connectivity index (χ0) is 16.2. The molecule has 3 rings (SSSR count). The third-order valence-corrected chi connectivity index (χ3v) is 4.54. The summed E-state index contributed by atoms with van der Waals surface area (Å²) < 4.78 is 2.10. The Bertz CT molecular complexity index is 653. The predicted molar refractivity (Wildman–Crippen MR) is 89.0 cm³/mol. The molecule has 1 aromatic carbocycles. The van der Waals surface area contributed by atoms with Gasteiger partial charge in [0, 0.05) is 62.7 Å². The minimum absolute atomic E-state index is 0.0204. The van der Waals surface area contributed by atoms with Gasteiger partial charge in [-0.15, -0.1) is 0 Å². The van der Waals surface area contributed by atoms with Crippen LogP contribution < -0.4 is 5.32 Å². The van der Waals surface area contributed by atoms with Gasteiger partial charge >= 0.3 is 0 Å². The molecule has 122 valence electrons. The number of nitrogens with zero attached hydrogens (tertiary/aromatic N) is 2. The van der Waals surface area contributed by atoms with Crippen molar-refractivity contribution >= 4 is 5.91 Å². The molecule has 1 aliphatic heterocycles. The summed E-state index contributed by atoms with van der Waals surface area (Å²) in [6.07, 6.45) is 2.03. The third-order valence-electron chi connectivity index (χ3n) is 4.54. The highest BCUT2D eigenvalue weighted by molar-refractivity contribution is 5.94. The Labute approximate surface area is 136 Å². The number of rotatable bonds is 5. The van der Waals surface area contributed by atoms with Crippen LogP contribution >= 0.6 is 0 Å². The molecule has 23 heavy (non-hydrogen) atoms. The highest BCUT2D eigenvalue weighted by atomic mass is 16.3. The molecular formula is C18H23N3O2. The highest BCUT2D eigenvalue weighted by Gasteiger charge is 2.33. The smallest absolute Gasteiger partial charge is 0.251 e. The molecule has 0 radical (unpaired) electrons. The van der Waals surface area contributed by atoms with Gasteiger partial charge in [0.1, 0.15) is 0 Å². The lowest BCUT2D eigenvalue weighted by molar-refractivity contribution is 0.0921. The van der Waals surface area contributed by atoms with Gasteiger partial charge in [-0.1, -0.05) is 18.2 Å². The summed E-state index contributed by atoms with van der Waals surface area (Å²) in [5.74, 6) is -0.00213. The van der Waals surface area contributed by atoms with Crippen molar-refractivity contribution in [3.63, 3.8) is 0 Å². The second kappa shape index (κ2) is 6.98. The first-order valence-electron chi connectivity index (χ1n) is 7.96. The molecule has 1 fully saturated rings. The molecule has 1 aliphatic rings. The van der Waals surface area contributed by atoms with E-state index in [1.807, 2.05) is 37.5 Å². The second-order valence-corrected chi connectivity index (χ2v) is 6.19. The molecule has 1 saturated heterocycles. The number of carbonyl (C=O) groups is 1. The van der Waals surface area contributed by atoms with E-state index in [0.717, 1.165) is 19.6 Å². The number of likely N-dealkylation sites (tertiary alicyclic amines) is 1.